The number of amides is 1. The topological polar surface area (TPSA) is 75.6 Å². The first kappa shape index (κ1) is 17.7. The average molecular weight is 349 g/mol. The fourth-order valence-corrected chi connectivity index (χ4v) is 3.78. The molecule has 0 saturated heterocycles. The van der Waals surface area contributed by atoms with Crippen LogP contribution >= 0.6 is 0 Å². The Kier molecular flexibility index (Phi) is 5.56. The number of ether oxygens (including phenoxy) is 1. The van der Waals surface area contributed by atoms with E-state index in [1.54, 1.807) is 0 Å². The number of carboxylic acids is 1. The summed E-state index contributed by atoms with van der Waals surface area (Å²) < 4.78 is 18.2. The van der Waals surface area contributed by atoms with Gasteiger partial charge in [-0.1, -0.05) is 32.1 Å². The van der Waals surface area contributed by atoms with E-state index in [9.17, 15) is 19.1 Å². The molecule has 6 heteroatoms. The predicted molar refractivity (Wildman–Crippen MR) is 89.6 cm³/mol. The molecule has 5 nitrogen and oxygen atoms in total. The van der Waals surface area contributed by atoms with Gasteiger partial charge in [-0.2, -0.15) is 0 Å². The van der Waals surface area contributed by atoms with Gasteiger partial charge >= 0.3 is 5.97 Å². The highest BCUT2D eigenvalue weighted by Crippen LogP contribution is 2.49. The lowest BCUT2D eigenvalue weighted by Crippen LogP contribution is -2.41. The van der Waals surface area contributed by atoms with Gasteiger partial charge in [0.25, 0.3) is 0 Å². The molecule has 2 fully saturated rings. The van der Waals surface area contributed by atoms with Crippen molar-refractivity contribution in [3.05, 3.63) is 30.1 Å². The smallest absolute Gasteiger partial charge is 0.346 e. The molecule has 1 aromatic rings. The lowest BCUT2D eigenvalue weighted by molar-refractivity contribution is -0.145. The molecule has 136 valence electrons. The standard InChI is InChI=1S/C19H24FNO4/c20-13-6-8-14(9-7-13)25-17(19(23)24)11-21-18(22)16-10-15(16)12-4-2-1-3-5-12/h6-9,12,15-17H,1-5,10-11H2,(H,21,22)(H,23,24). The van der Waals surface area contributed by atoms with E-state index in [1.807, 2.05) is 0 Å². The monoisotopic (exact) mass is 349 g/mol. The van der Waals surface area contributed by atoms with E-state index < -0.39 is 17.9 Å². The molecule has 2 N–H and O–H groups in total. The first-order chi connectivity index (χ1) is 12.0. The number of carbonyl (C=O) groups excluding carboxylic acids is 1. The Labute approximate surface area is 146 Å². The molecular weight excluding hydrogens is 325 g/mol. The summed E-state index contributed by atoms with van der Waals surface area (Å²) in [6.07, 6.45) is 5.93. The maximum atomic E-state index is 12.9. The molecule has 3 atom stereocenters. The molecular formula is C19H24FNO4. The van der Waals surface area contributed by atoms with E-state index in [4.69, 9.17) is 4.74 Å². The third-order valence-corrected chi connectivity index (χ3v) is 5.26. The van der Waals surface area contributed by atoms with Gasteiger partial charge in [-0.05, 0) is 42.5 Å². The second kappa shape index (κ2) is 7.85. The Morgan fingerprint density at radius 2 is 1.88 bits per heavy atom. The molecule has 0 bridgehead atoms. The van der Waals surface area contributed by atoms with Gasteiger partial charge < -0.3 is 15.2 Å². The van der Waals surface area contributed by atoms with Crippen molar-refractivity contribution in [2.45, 2.75) is 44.6 Å². The quantitative estimate of drug-likeness (QED) is 0.793. The summed E-state index contributed by atoms with van der Waals surface area (Å²) >= 11 is 0. The molecule has 2 aliphatic carbocycles. The third kappa shape index (κ3) is 4.71. The first-order valence-corrected chi connectivity index (χ1v) is 8.97. The van der Waals surface area contributed by atoms with Gasteiger partial charge in [0.05, 0.1) is 6.54 Å². The van der Waals surface area contributed by atoms with Crippen LogP contribution in [0.2, 0.25) is 0 Å². The molecule has 0 aromatic heterocycles. The summed E-state index contributed by atoms with van der Waals surface area (Å²) in [5.74, 6) is -0.279. The Morgan fingerprint density at radius 3 is 2.52 bits per heavy atom. The fourth-order valence-electron chi connectivity index (χ4n) is 3.78. The number of carboxylic acid groups (broad SMARTS) is 1. The van der Waals surface area contributed by atoms with Gasteiger partial charge in [-0.25, -0.2) is 9.18 Å². The number of rotatable bonds is 7. The summed E-state index contributed by atoms with van der Waals surface area (Å²) in [6, 6.07) is 5.14. The first-order valence-electron chi connectivity index (χ1n) is 8.97. The van der Waals surface area contributed by atoms with Gasteiger partial charge in [0.15, 0.2) is 0 Å². The van der Waals surface area contributed by atoms with Crippen molar-refractivity contribution in [1.82, 2.24) is 5.32 Å². The number of halogens is 1. The number of hydrogen-bond acceptors (Lipinski definition) is 3. The third-order valence-electron chi connectivity index (χ3n) is 5.26. The van der Waals surface area contributed by atoms with Crippen LogP contribution in [0.4, 0.5) is 4.39 Å². The normalized spacial score (nSPS) is 24.4. The molecule has 2 saturated carbocycles. The van der Waals surface area contributed by atoms with E-state index in [0.717, 1.165) is 6.42 Å². The zero-order chi connectivity index (χ0) is 17.8. The van der Waals surface area contributed by atoms with Gasteiger partial charge in [0, 0.05) is 5.92 Å². The van der Waals surface area contributed by atoms with Crippen LogP contribution < -0.4 is 10.1 Å². The molecule has 25 heavy (non-hydrogen) atoms. The van der Waals surface area contributed by atoms with Gasteiger partial charge in [-0.3, -0.25) is 4.79 Å². The summed E-state index contributed by atoms with van der Waals surface area (Å²) in [6.45, 7) is -0.0978. The van der Waals surface area contributed by atoms with E-state index in [2.05, 4.69) is 5.32 Å². The van der Waals surface area contributed by atoms with Crippen molar-refractivity contribution in [2.24, 2.45) is 17.8 Å². The molecule has 1 aromatic carbocycles. The SMILES string of the molecule is O=C(O)C(CNC(=O)C1CC1C1CCCCC1)Oc1ccc(F)cc1. The van der Waals surface area contributed by atoms with Crippen LogP contribution in [-0.2, 0) is 9.59 Å². The van der Waals surface area contributed by atoms with Crippen LogP contribution in [-0.4, -0.2) is 29.6 Å². The zero-order valence-electron chi connectivity index (χ0n) is 14.1. The minimum Gasteiger partial charge on any atom is -0.478 e. The van der Waals surface area contributed by atoms with Crippen LogP contribution in [0.5, 0.6) is 5.75 Å². The lowest BCUT2D eigenvalue weighted by atomic mass is 9.85. The molecule has 3 rings (SSSR count). The minimum absolute atomic E-state index is 0.0170. The largest absolute Gasteiger partial charge is 0.478 e. The zero-order valence-corrected chi connectivity index (χ0v) is 14.1. The number of carbonyl (C=O) groups is 2. The van der Waals surface area contributed by atoms with E-state index in [-0.39, 0.29) is 24.1 Å². The van der Waals surface area contributed by atoms with Crippen molar-refractivity contribution in [1.29, 1.82) is 0 Å². The number of nitrogens with one attached hydrogen (secondary N) is 1. The van der Waals surface area contributed by atoms with Crippen molar-refractivity contribution >= 4 is 11.9 Å². The highest BCUT2D eigenvalue weighted by molar-refractivity contribution is 5.82. The Hall–Kier alpha value is -2.11. The van der Waals surface area contributed by atoms with E-state index in [0.29, 0.717) is 11.8 Å². The van der Waals surface area contributed by atoms with Gasteiger partial charge in [0.2, 0.25) is 12.0 Å². The van der Waals surface area contributed by atoms with Gasteiger partial charge in [-0.15, -0.1) is 0 Å². The summed E-state index contributed by atoms with van der Waals surface area (Å²) in [5.41, 5.74) is 0. The molecule has 0 spiro atoms. The van der Waals surface area contributed by atoms with Crippen LogP contribution in [0, 0.1) is 23.6 Å². The fraction of sp³-hybridized carbons (Fsp3) is 0.579. The maximum Gasteiger partial charge on any atom is 0.346 e. The molecule has 2 aliphatic rings. The van der Waals surface area contributed by atoms with Crippen molar-refractivity contribution in [3.63, 3.8) is 0 Å². The Bertz CT molecular complexity index is 612. The molecule has 0 aliphatic heterocycles. The molecule has 1 amide bonds. The average Bonchev–Trinajstić information content (AvgIpc) is 3.41. The van der Waals surface area contributed by atoms with E-state index >= 15 is 0 Å². The van der Waals surface area contributed by atoms with Crippen LogP contribution in [0.25, 0.3) is 0 Å². The van der Waals surface area contributed by atoms with Crippen molar-refractivity contribution in [2.75, 3.05) is 6.54 Å². The maximum absolute atomic E-state index is 12.9. The van der Waals surface area contributed by atoms with Crippen molar-refractivity contribution in [3.8, 4) is 5.75 Å². The highest BCUT2D eigenvalue weighted by atomic mass is 19.1. The number of aliphatic carboxylic acids is 1. The second-order valence-corrected chi connectivity index (χ2v) is 7.05. The van der Waals surface area contributed by atoms with E-state index in [1.165, 1.54) is 56.4 Å². The van der Waals surface area contributed by atoms with Crippen molar-refractivity contribution < 1.29 is 23.8 Å². The van der Waals surface area contributed by atoms with Crippen LogP contribution in [0.1, 0.15) is 38.5 Å². The van der Waals surface area contributed by atoms with Gasteiger partial charge in [0.1, 0.15) is 11.6 Å². The predicted octanol–water partition coefficient (Wildman–Crippen LogP) is 2.99. The highest BCUT2D eigenvalue weighted by Gasteiger charge is 2.47. The number of benzene rings is 1. The second-order valence-electron chi connectivity index (χ2n) is 7.05. The van der Waals surface area contributed by atoms with Crippen LogP contribution in [0.15, 0.2) is 24.3 Å². The summed E-state index contributed by atoms with van der Waals surface area (Å²) in [5, 5.41) is 12.0. The Morgan fingerprint density at radius 1 is 1.20 bits per heavy atom. The van der Waals surface area contributed by atoms with Crippen LogP contribution in [0.3, 0.4) is 0 Å². The lowest BCUT2D eigenvalue weighted by Gasteiger charge is -2.21. The minimum atomic E-state index is -1.19. The molecule has 0 heterocycles. The Balaban J connectivity index is 1.47. The summed E-state index contributed by atoms with van der Waals surface area (Å²) in [7, 11) is 0. The number of hydrogen-bond donors (Lipinski definition) is 2. The molecule has 0 radical (unpaired) electrons. The summed E-state index contributed by atoms with van der Waals surface area (Å²) in [4.78, 5) is 23.6. The molecule has 3 unspecified atom stereocenters.